The van der Waals surface area contributed by atoms with E-state index in [9.17, 15) is 45.7 Å². The van der Waals surface area contributed by atoms with Crippen LogP contribution in [0.3, 0.4) is 0 Å². The molecule has 1 heterocycles. The van der Waals surface area contributed by atoms with Crippen molar-refractivity contribution in [3.8, 4) is 17.2 Å². The molecule has 0 aliphatic rings. The van der Waals surface area contributed by atoms with Crippen molar-refractivity contribution >= 4 is 37.6 Å². The Kier molecular flexibility index (Phi) is 15.5. The van der Waals surface area contributed by atoms with Crippen LogP contribution in [0.15, 0.2) is 55.1 Å². The molecule has 0 aliphatic heterocycles. The van der Waals surface area contributed by atoms with Gasteiger partial charge in [0.2, 0.25) is 0 Å². The minimum absolute atomic E-state index is 0. The molecule has 5 N–H and O–H groups in total. The molecule has 15 nitrogen and oxygen atoms in total. The average molecular weight is 646 g/mol. The van der Waals surface area contributed by atoms with Crippen molar-refractivity contribution in [3.63, 3.8) is 0 Å². The van der Waals surface area contributed by atoms with Gasteiger partial charge in [-0.1, -0.05) is 5.75 Å². The van der Waals surface area contributed by atoms with E-state index in [-0.39, 0.29) is 123 Å². The SMILES string of the molecule is Cc1[nH]n(-c2ccc(O)c(C(=O)O)c2)c(=O)c1N=Nc1cc(S(=O)(=O)O)cc(S(=O)(=O)O)c1[O-].[Cu].[Na+].[Na+].[Na+]. The van der Waals surface area contributed by atoms with Crippen LogP contribution in [0.2, 0.25) is 0 Å². The molecule has 21 heteroatoms. The van der Waals surface area contributed by atoms with Crippen LogP contribution in [0.1, 0.15) is 16.1 Å². The Hall–Kier alpha value is -0.541. The van der Waals surface area contributed by atoms with E-state index in [0.29, 0.717) is 6.07 Å². The van der Waals surface area contributed by atoms with Crippen LogP contribution in [0.25, 0.3) is 5.69 Å². The normalized spacial score (nSPS) is 11.0. The fourth-order valence-electron chi connectivity index (χ4n) is 2.75. The van der Waals surface area contributed by atoms with E-state index in [1.807, 2.05) is 0 Å². The van der Waals surface area contributed by atoms with Gasteiger partial charge in [-0.2, -0.15) is 21.9 Å². The predicted molar refractivity (Wildman–Crippen MR) is 109 cm³/mol. The van der Waals surface area contributed by atoms with Crippen LogP contribution >= 0.6 is 0 Å². The Balaban J connectivity index is 0. The Bertz CT molecular complexity index is 1660. The number of aromatic carboxylic acids is 1. The second kappa shape index (κ2) is 14.9. The Morgan fingerprint density at radius 3 is 2.08 bits per heavy atom. The predicted octanol–water partition coefficient (Wildman–Crippen LogP) is -8.13. The largest absolute Gasteiger partial charge is 1.00 e. The number of aromatic hydroxyl groups is 1. The second-order valence-corrected chi connectivity index (χ2v) is 9.46. The number of azo groups is 1. The second-order valence-electron chi connectivity index (χ2n) is 6.65. The number of H-pyrrole nitrogens is 1. The van der Waals surface area contributed by atoms with Crippen LogP contribution in [0, 0.1) is 6.92 Å². The van der Waals surface area contributed by atoms with Gasteiger partial charge in [0.1, 0.15) is 11.3 Å². The van der Waals surface area contributed by atoms with E-state index in [2.05, 4.69) is 15.3 Å². The molecule has 0 bridgehead atoms. The van der Waals surface area contributed by atoms with E-state index in [0.717, 1.165) is 16.8 Å². The fourth-order valence-corrected chi connectivity index (χ4v) is 3.97. The number of aromatic amines is 1. The maximum absolute atomic E-state index is 12.7. The molecular formula is C17H13CuN4Na3O11S2+2. The molecule has 0 saturated carbocycles. The molecule has 0 saturated heterocycles. The number of carbonyl (C=O) groups is 1. The number of nitrogens with one attached hydrogen (secondary N) is 1. The van der Waals surface area contributed by atoms with E-state index < -0.39 is 70.0 Å². The van der Waals surface area contributed by atoms with Crippen molar-refractivity contribution in [3.05, 3.63) is 51.9 Å². The van der Waals surface area contributed by atoms with Gasteiger partial charge in [0.15, 0.2) is 5.69 Å². The van der Waals surface area contributed by atoms with Crippen molar-refractivity contribution in [1.29, 1.82) is 0 Å². The first-order chi connectivity index (χ1) is 15.6. The van der Waals surface area contributed by atoms with Gasteiger partial charge in [-0.15, -0.1) is 5.11 Å². The third-order valence-corrected chi connectivity index (χ3v) is 6.04. The number of aromatic nitrogens is 2. The third kappa shape index (κ3) is 8.73. The molecule has 1 aromatic heterocycles. The zero-order valence-corrected chi connectivity index (χ0v) is 28.6. The summed E-state index contributed by atoms with van der Waals surface area (Å²) in [7, 11) is -10.2. The number of nitrogens with zero attached hydrogens (tertiary/aromatic N) is 3. The molecule has 0 unspecified atom stereocenters. The molecule has 0 fully saturated rings. The first-order valence-corrected chi connectivity index (χ1v) is 11.6. The summed E-state index contributed by atoms with van der Waals surface area (Å²) in [5.74, 6) is -3.48. The van der Waals surface area contributed by atoms with Crippen molar-refractivity contribution in [2.45, 2.75) is 16.7 Å². The zero-order valence-electron chi connectivity index (χ0n) is 20.0. The minimum Gasteiger partial charge on any atom is -0.870 e. The maximum Gasteiger partial charge on any atom is 1.00 e. The summed E-state index contributed by atoms with van der Waals surface area (Å²) in [4.78, 5) is 21.5. The van der Waals surface area contributed by atoms with Crippen LogP contribution in [0.5, 0.6) is 11.5 Å². The van der Waals surface area contributed by atoms with Crippen molar-refractivity contribution in [1.82, 2.24) is 9.78 Å². The van der Waals surface area contributed by atoms with Gasteiger partial charge < -0.3 is 15.3 Å². The number of carboxylic acids is 1. The van der Waals surface area contributed by atoms with Gasteiger partial charge >= 0.3 is 94.6 Å². The Morgan fingerprint density at radius 1 is 1.00 bits per heavy atom. The van der Waals surface area contributed by atoms with Gasteiger partial charge in [0.05, 0.1) is 26.9 Å². The van der Waals surface area contributed by atoms with E-state index in [1.54, 1.807) is 0 Å². The summed E-state index contributed by atoms with van der Waals surface area (Å²) in [6.45, 7) is 1.35. The van der Waals surface area contributed by atoms with Crippen molar-refractivity contribution in [2.24, 2.45) is 10.2 Å². The number of benzene rings is 2. The molecule has 1 radical (unpaired) electrons. The molecule has 191 valence electrons. The molecular weight excluding hydrogens is 633 g/mol. The van der Waals surface area contributed by atoms with Gasteiger partial charge in [-0.25, -0.2) is 9.48 Å². The number of hydrogen-bond acceptors (Lipinski definition) is 10. The smallest absolute Gasteiger partial charge is 0.870 e. The first kappa shape index (κ1) is 39.6. The number of phenols is 1. The maximum atomic E-state index is 12.7. The van der Waals surface area contributed by atoms with Gasteiger partial charge in [0, 0.05) is 17.1 Å². The number of hydrogen-bond donors (Lipinski definition) is 5. The molecule has 0 aliphatic carbocycles. The summed E-state index contributed by atoms with van der Waals surface area (Å²) in [5.41, 5.74) is -2.75. The van der Waals surface area contributed by atoms with E-state index in [1.165, 1.54) is 13.0 Å². The quantitative estimate of drug-likeness (QED) is 0.0956. The molecule has 0 atom stereocenters. The average Bonchev–Trinajstić information content (AvgIpc) is 2.99. The molecule has 3 aromatic rings. The molecule has 2 aromatic carbocycles. The summed E-state index contributed by atoms with van der Waals surface area (Å²) in [6.07, 6.45) is 0. The summed E-state index contributed by atoms with van der Waals surface area (Å²) in [6, 6.07) is 3.94. The first-order valence-electron chi connectivity index (χ1n) is 8.71. The summed E-state index contributed by atoms with van der Waals surface area (Å²) >= 11 is 0. The van der Waals surface area contributed by atoms with Crippen molar-refractivity contribution < 1.29 is 152 Å². The molecule has 0 amide bonds. The fraction of sp³-hybridized carbons (Fsp3) is 0.0588. The van der Waals surface area contributed by atoms with E-state index in [4.69, 9.17) is 5.11 Å². The standard InChI is InChI=1S/C17H14N4O11S2.Cu.3Na/c1-7-14(16(24)21(20-7)8-2-3-12(22)10(4-8)17(25)26)19-18-11-5-9(33(27,28)29)6-13(15(11)23)34(30,31)32;;;;/h2-6,20,22-23H,1H3,(H,25,26)(H,27,28,29)(H,30,31,32);;;;/q;;3*+1/p-1. The number of aryl methyl sites for hydroxylation is 1. The molecule has 0 spiro atoms. The van der Waals surface area contributed by atoms with Gasteiger partial charge in [-0.05, 0) is 37.3 Å². The van der Waals surface area contributed by atoms with Crippen LogP contribution in [0.4, 0.5) is 11.4 Å². The summed E-state index contributed by atoms with van der Waals surface area (Å²) in [5, 5.41) is 40.6. The van der Waals surface area contributed by atoms with Gasteiger partial charge in [-0.3, -0.25) is 19.0 Å². The molecule has 3 rings (SSSR count). The van der Waals surface area contributed by atoms with Crippen molar-refractivity contribution in [2.75, 3.05) is 0 Å². The van der Waals surface area contributed by atoms with E-state index >= 15 is 0 Å². The third-order valence-electron chi connectivity index (χ3n) is 4.35. The Morgan fingerprint density at radius 2 is 1.58 bits per heavy atom. The minimum atomic E-state index is -5.21. The number of rotatable bonds is 6. The number of carboxylic acid groups (broad SMARTS) is 1. The van der Waals surface area contributed by atoms with Crippen LogP contribution in [-0.4, -0.2) is 51.9 Å². The zero-order chi connectivity index (χ0) is 25.6. The van der Waals surface area contributed by atoms with Crippen LogP contribution < -0.4 is 99.3 Å². The van der Waals surface area contributed by atoms with Crippen LogP contribution in [-0.2, 0) is 37.3 Å². The Labute approximate surface area is 291 Å². The van der Waals surface area contributed by atoms with Gasteiger partial charge in [0.25, 0.3) is 25.8 Å². The summed E-state index contributed by atoms with van der Waals surface area (Å²) < 4.78 is 64.8. The topological polar surface area (TPSA) is 252 Å². The molecule has 38 heavy (non-hydrogen) atoms. The monoisotopic (exact) mass is 645 g/mol.